The molecule has 0 heterocycles. The van der Waals surface area contributed by atoms with E-state index in [1.54, 1.807) is 42.5 Å². The molecule has 0 N–H and O–H groups in total. The number of hydrogen-bond acceptors (Lipinski definition) is 3. The number of carbonyl (C=O) groups excluding carboxylic acids is 1. The number of rotatable bonds is 3. The summed E-state index contributed by atoms with van der Waals surface area (Å²) >= 11 is 2.03. The highest BCUT2D eigenvalue weighted by Crippen LogP contribution is 2.31. The molecule has 0 spiro atoms. The van der Waals surface area contributed by atoms with Gasteiger partial charge in [0.05, 0.1) is 10.6 Å². The van der Waals surface area contributed by atoms with E-state index < -0.39 is 15.9 Å². The molecule has 3 aromatic carbocycles. The SMILES string of the molecule is CC(=O)N(c1ccccc1I)S(=O)(=O)c1cccc2ccccc12. The van der Waals surface area contributed by atoms with Gasteiger partial charge < -0.3 is 0 Å². The number of amides is 1. The Balaban J connectivity index is 2.28. The topological polar surface area (TPSA) is 54.5 Å². The zero-order valence-corrected chi connectivity index (χ0v) is 15.8. The van der Waals surface area contributed by atoms with Gasteiger partial charge in [0.1, 0.15) is 0 Å². The summed E-state index contributed by atoms with van der Waals surface area (Å²) in [6.07, 6.45) is 0. The smallest absolute Gasteiger partial charge is 0.271 e. The molecule has 0 atom stereocenters. The molecule has 122 valence electrons. The van der Waals surface area contributed by atoms with Crippen LogP contribution >= 0.6 is 22.6 Å². The number of halogens is 1. The molecule has 3 aromatic rings. The molecule has 0 unspecified atom stereocenters. The van der Waals surface area contributed by atoms with Crippen LogP contribution in [0.4, 0.5) is 5.69 Å². The lowest BCUT2D eigenvalue weighted by Crippen LogP contribution is -2.35. The molecule has 6 heteroatoms. The predicted molar refractivity (Wildman–Crippen MR) is 103 cm³/mol. The molecule has 24 heavy (non-hydrogen) atoms. The highest BCUT2D eigenvalue weighted by molar-refractivity contribution is 14.1. The zero-order valence-electron chi connectivity index (χ0n) is 12.8. The monoisotopic (exact) mass is 451 g/mol. The van der Waals surface area contributed by atoms with Crippen molar-refractivity contribution in [2.45, 2.75) is 11.8 Å². The van der Waals surface area contributed by atoms with Crippen molar-refractivity contribution in [3.05, 3.63) is 70.3 Å². The first kappa shape index (κ1) is 16.9. The number of sulfonamides is 1. The van der Waals surface area contributed by atoms with Crippen LogP contribution in [-0.2, 0) is 14.8 Å². The van der Waals surface area contributed by atoms with E-state index in [0.29, 0.717) is 14.6 Å². The summed E-state index contributed by atoms with van der Waals surface area (Å²) in [7, 11) is -4.02. The van der Waals surface area contributed by atoms with E-state index in [1.165, 1.54) is 13.0 Å². The second kappa shape index (κ2) is 6.52. The fourth-order valence-corrected chi connectivity index (χ4v) is 5.06. The first-order chi connectivity index (χ1) is 11.4. The van der Waals surface area contributed by atoms with Crippen molar-refractivity contribution < 1.29 is 13.2 Å². The van der Waals surface area contributed by atoms with Crippen molar-refractivity contribution in [2.24, 2.45) is 0 Å². The molecule has 1 amide bonds. The number of carbonyl (C=O) groups is 1. The van der Waals surface area contributed by atoms with Crippen LogP contribution in [0.15, 0.2) is 71.6 Å². The Kier molecular flexibility index (Phi) is 4.60. The fourth-order valence-electron chi connectivity index (χ4n) is 2.60. The molecule has 0 aromatic heterocycles. The Morgan fingerprint density at radius 1 is 0.917 bits per heavy atom. The minimum Gasteiger partial charge on any atom is -0.274 e. The van der Waals surface area contributed by atoms with Crippen LogP contribution in [-0.4, -0.2) is 14.3 Å². The zero-order chi connectivity index (χ0) is 17.3. The first-order valence-electron chi connectivity index (χ1n) is 7.21. The largest absolute Gasteiger partial charge is 0.274 e. The van der Waals surface area contributed by atoms with Crippen LogP contribution in [0, 0.1) is 3.57 Å². The van der Waals surface area contributed by atoms with Crippen molar-refractivity contribution in [2.75, 3.05) is 4.31 Å². The first-order valence-corrected chi connectivity index (χ1v) is 9.73. The molecule has 0 aliphatic heterocycles. The number of para-hydroxylation sites is 1. The van der Waals surface area contributed by atoms with E-state index in [0.717, 1.165) is 9.69 Å². The van der Waals surface area contributed by atoms with Gasteiger partial charge in [-0.15, -0.1) is 0 Å². The van der Waals surface area contributed by atoms with Crippen LogP contribution in [0.3, 0.4) is 0 Å². The van der Waals surface area contributed by atoms with Crippen LogP contribution in [0.1, 0.15) is 6.92 Å². The number of hydrogen-bond donors (Lipinski definition) is 0. The van der Waals surface area contributed by atoms with Gasteiger partial charge in [0, 0.05) is 15.9 Å². The maximum atomic E-state index is 13.2. The minimum absolute atomic E-state index is 0.121. The third-order valence-electron chi connectivity index (χ3n) is 3.63. The summed E-state index contributed by atoms with van der Waals surface area (Å²) in [6.45, 7) is 1.26. The molecule has 0 aliphatic rings. The van der Waals surface area contributed by atoms with Crippen LogP contribution in [0.2, 0.25) is 0 Å². The molecular formula is C18H14INO3S. The average molecular weight is 451 g/mol. The molecule has 0 fully saturated rings. The van der Waals surface area contributed by atoms with Gasteiger partial charge in [-0.3, -0.25) is 4.79 Å². The van der Waals surface area contributed by atoms with Gasteiger partial charge in [0.25, 0.3) is 10.0 Å². The van der Waals surface area contributed by atoms with E-state index in [2.05, 4.69) is 0 Å². The summed E-state index contributed by atoms with van der Waals surface area (Å²) in [5.74, 6) is -0.549. The predicted octanol–water partition coefficient (Wildman–Crippen LogP) is 4.19. The van der Waals surface area contributed by atoms with Gasteiger partial charge in [-0.1, -0.05) is 48.5 Å². The lowest BCUT2D eigenvalue weighted by Gasteiger charge is -2.23. The van der Waals surface area contributed by atoms with E-state index >= 15 is 0 Å². The number of nitrogens with zero attached hydrogens (tertiary/aromatic N) is 1. The lowest BCUT2D eigenvalue weighted by molar-refractivity contribution is -0.115. The lowest BCUT2D eigenvalue weighted by atomic mass is 10.1. The third-order valence-corrected chi connectivity index (χ3v) is 6.38. The van der Waals surface area contributed by atoms with Gasteiger partial charge in [-0.25, -0.2) is 12.7 Å². The summed E-state index contributed by atoms with van der Waals surface area (Å²) in [5, 5.41) is 1.40. The third kappa shape index (κ3) is 2.91. The van der Waals surface area contributed by atoms with Crippen LogP contribution < -0.4 is 4.31 Å². The quantitative estimate of drug-likeness (QED) is 0.562. The van der Waals surface area contributed by atoms with Gasteiger partial charge in [0.2, 0.25) is 5.91 Å². The minimum atomic E-state index is -4.02. The van der Waals surface area contributed by atoms with Gasteiger partial charge in [-0.05, 0) is 46.2 Å². The number of fused-ring (bicyclic) bond motifs is 1. The Morgan fingerprint density at radius 2 is 1.54 bits per heavy atom. The van der Waals surface area contributed by atoms with E-state index in [9.17, 15) is 13.2 Å². The maximum Gasteiger partial charge on any atom is 0.271 e. The molecule has 0 radical (unpaired) electrons. The Bertz CT molecular complexity index is 1030. The van der Waals surface area contributed by atoms with Crippen LogP contribution in [0.25, 0.3) is 10.8 Å². The van der Waals surface area contributed by atoms with Crippen molar-refractivity contribution in [1.29, 1.82) is 0 Å². The molecular weight excluding hydrogens is 437 g/mol. The van der Waals surface area contributed by atoms with E-state index in [4.69, 9.17) is 0 Å². The second-order valence-electron chi connectivity index (χ2n) is 5.22. The molecule has 0 bridgehead atoms. The van der Waals surface area contributed by atoms with Gasteiger partial charge in [-0.2, -0.15) is 0 Å². The maximum absolute atomic E-state index is 13.2. The highest BCUT2D eigenvalue weighted by atomic mass is 127. The summed E-state index contributed by atoms with van der Waals surface area (Å²) in [5.41, 5.74) is 0.360. The Morgan fingerprint density at radius 3 is 2.25 bits per heavy atom. The molecule has 0 saturated heterocycles. The van der Waals surface area contributed by atoms with Crippen molar-refractivity contribution >= 4 is 55.0 Å². The van der Waals surface area contributed by atoms with Gasteiger partial charge >= 0.3 is 0 Å². The fraction of sp³-hybridized carbons (Fsp3) is 0.0556. The average Bonchev–Trinajstić information content (AvgIpc) is 2.56. The molecule has 3 rings (SSSR count). The summed E-state index contributed by atoms with van der Waals surface area (Å²) in [4.78, 5) is 12.3. The highest BCUT2D eigenvalue weighted by Gasteiger charge is 2.31. The Labute approximate surface area is 154 Å². The van der Waals surface area contributed by atoms with Gasteiger partial charge in [0.15, 0.2) is 0 Å². The standard InChI is InChI=1S/C18H14INO3S/c1-13(21)20(17-11-5-4-10-16(17)19)24(22,23)18-12-6-8-14-7-2-3-9-15(14)18/h2-12H,1H3. The summed E-state index contributed by atoms with van der Waals surface area (Å²) < 4.78 is 28.0. The van der Waals surface area contributed by atoms with E-state index in [-0.39, 0.29) is 4.90 Å². The van der Waals surface area contributed by atoms with Crippen molar-refractivity contribution in [1.82, 2.24) is 0 Å². The molecule has 4 nitrogen and oxygen atoms in total. The Hall–Kier alpha value is -1.93. The second-order valence-corrected chi connectivity index (χ2v) is 8.13. The van der Waals surface area contributed by atoms with E-state index in [1.807, 2.05) is 40.8 Å². The number of anilines is 1. The van der Waals surface area contributed by atoms with Crippen molar-refractivity contribution in [3.63, 3.8) is 0 Å². The van der Waals surface area contributed by atoms with Crippen molar-refractivity contribution in [3.8, 4) is 0 Å². The van der Waals surface area contributed by atoms with Crippen LogP contribution in [0.5, 0.6) is 0 Å². The molecule has 0 saturated carbocycles. The number of benzene rings is 3. The molecule has 0 aliphatic carbocycles. The normalized spacial score (nSPS) is 11.4. The summed E-state index contributed by atoms with van der Waals surface area (Å²) in [6, 6.07) is 19.2.